The van der Waals surface area contributed by atoms with Crippen molar-refractivity contribution < 1.29 is 42.9 Å². The fourth-order valence-electron chi connectivity index (χ4n) is 5.17. The number of ether oxygens (including phenoxy) is 4. The molecule has 2 aromatic heterocycles. The Labute approximate surface area is 269 Å². The highest BCUT2D eigenvalue weighted by Crippen LogP contribution is 2.46. The lowest BCUT2D eigenvalue weighted by Gasteiger charge is -2.25. The maximum Gasteiger partial charge on any atom is 0.350 e. The van der Waals surface area contributed by atoms with Crippen molar-refractivity contribution >= 4 is 45.1 Å². The number of amides is 1. The maximum absolute atomic E-state index is 14.2. The van der Waals surface area contributed by atoms with Crippen LogP contribution in [0.5, 0.6) is 17.2 Å². The zero-order valence-electron chi connectivity index (χ0n) is 26.0. The number of para-hydroxylation sites is 1. The first-order valence-electron chi connectivity index (χ1n) is 14.7. The van der Waals surface area contributed by atoms with E-state index in [1.54, 1.807) is 43.3 Å². The number of hydrogen-bond donors (Lipinski definition) is 1. The fourth-order valence-corrected chi connectivity index (χ4v) is 6.16. The van der Waals surface area contributed by atoms with Gasteiger partial charge in [-0.15, -0.1) is 0 Å². The van der Waals surface area contributed by atoms with Gasteiger partial charge in [0.25, 0.3) is 5.91 Å². The van der Waals surface area contributed by atoms with E-state index in [1.165, 1.54) is 31.3 Å². The zero-order valence-corrected chi connectivity index (χ0v) is 26.8. The summed E-state index contributed by atoms with van der Waals surface area (Å²) in [5, 5.41) is 12.0. The first-order valence-corrected chi connectivity index (χ1v) is 15.5. The van der Waals surface area contributed by atoms with Gasteiger partial charge in [0.05, 0.1) is 38.1 Å². The first-order chi connectivity index (χ1) is 22.2. The van der Waals surface area contributed by atoms with E-state index < -0.39 is 29.5 Å². The normalized spacial score (nSPS) is 14.6. The van der Waals surface area contributed by atoms with E-state index in [2.05, 4.69) is 18.5 Å². The number of carbonyl (C=O) groups is 3. The number of hydrogen-bond acceptors (Lipinski definition) is 11. The number of esters is 1. The summed E-state index contributed by atoms with van der Waals surface area (Å²) < 4.78 is 28.1. The summed E-state index contributed by atoms with van der Waals surface area (Å²) in [5.41, 5.74) is 0.856. The Balaban J connectivity index is 1.61. The quantitative estimate of drug-likeness (QED) is 0.0666. The van der Waals surface area contributed by atoms with Gasteiger partial charge in [0.2, 0.25) is 5.78 Å². The van der Waals surface area contributed by atoms with Crippen LogP contribution >= 0.6 is 11.3 Å². The van der Waals surface area contributed by atoms with Crippen LogP contribution in [-0.2, 0) is 9.53 Å². The van der Waals surface area contributed by atoms with Crippen molar-refractivity contribution in [1.82, 2.24) is 4.98 Å². The molecule has 1 amide bonds. The Kier molecular flexibility index (Phi) is 9.76. The lowest BCUT2D eigenvalue weighted by atomic mass is 9.95. The van der Waals surface area contributed by atoms with Gasteiger partial charge in [0.15, 0.2) is 39.5 Å². The summed E-state index contributed by atoms with van der Waals surface area (Å²) in [6.07, 6.45) is 4.36. The van der Waals surface area contributed by atoms with E-state index in [4.69, 9.17) is 23.4 Å². The molecule has 0 aliphatic carbocycles. The predicted molar refractivity (Wildman–Crippen MR) is 172 cm³/mol. The van der Waals surface area contributed by atoms with Gasteiger partial charge in [-0.2, -0.15) is 0 Å². The maximum atomic E-state index is 14.2. The van der Waals surface area contributed by atoms with Crippen molar-refractivity contribution in [3.8, 4) is 17.2 Å². The fraction of sp³-hybridized carbons (Fsp3) is 0.294. The van der Waals surface area contributed by atoms with Crippen LogP contribution in [0.3, 0.4) is 0 Å². The van der Waals surface area contributed by atoms with Crippen LogP contribution in [0.15, 0.2) is 70.9 Å². The van der Waals surface area contributed by atoms with E-state index in [0.29, 0.717) is 46.1 Å². The largest absolute Gasteiger partial charge is 0.503 e. The summed E-state index contributed by atoms with van der Waals surface area (Å²) in [5.74, 6) is -1.82. The number of Topliss-reactive ketones (excluding diaryl/α,β-unsaturated/α-hetero) is 1. The minimum atomic E-state index is -1.17. The number of aliphatic hydroxyl groups excluding tert-OH is 1. The SMILES string of the molecule is C=CCOC(=O)c1sc(N2C(=O)C(O)=C(C(=O)c3cc4cccc(OC)c4o3)C2c2ccc(OCCCCC)c(OC)c2)nc1C. The van der Waals surface area contributed by atoms with Gasteiger partial charge in [0, 0.05) is 5.39 Å². The number of ketones is 1. The Morgan fingerprint density at radius 2 is 1.89 bits per heavy atom. The van der Waals surface area contributed by atoms with E-state index in [9.17, 15) is 19.5 Å². The van der Waals surface area contributed by atoms with Crippen molar-refractivity contribution in [2.45, 2.75) is 39.2 Å². The standard InChI is InChI=1S/C34H34N2O9S/c1-6-8-9-16-43-22-14-13-20(17-24(22)42-5)27-26(28(37)25-18-21-11-10-12-23(41-4)30(21)45-25)29(38)32(39)36(27)34-35-19(3)31(46-34)33(40)44-15-7-2/h7,10-14,17-18,27,38H,2,6,8-9,15-16H2,1,3-5H3. The molecule has 1 N–H and O–H groups in total. The van der Waals surface area contributed by atoms with E-state index in [-0.39, 0.29) is 27.9 Å². The lowest BCUT2D eigenvalue weighted by molar-refractivity contribution is -0.117. The molecule has 0 bridgehead atoms. The minimum absolute atomic E-state index is 0.00723. The van der Waals surface area contributed by atoms with Gasteiger partial charge in [0.1, 0.15) is 11.5 Å². The highest BCUT2D eigenvalue weighted by atomic mass is 32.1. The molecule has 2 aromatic carbocycles. The molecule has 0 spiro atoms. The number of unbranched alkanes of at least 4 members (excludes halogenated alkanes) is 2. The number of aliphatic hydroxyl groups is 1. The van der Waals surface area contributed by atoms with E-state index >= 15 is 0 Å². The molecular weight excluding hydrogens is 612 g/mol. The van der Waals surface area contributed by atoms with Gasteiger partial charge < -0.3 is 28.5 Å². The van der Waals surface area contributed by atoms with Crippen molar-refractivity contribution in [3.63, 3.8) is 0 Å². The Hall–Kier alpha value is -5.10. The van der Waals surface area contributed by atoms with Crippen LogP contribution in [0, 0.1) is 6.92 Å². The Bertz CT molecular complexity index is 1840. The van der Waals surface area contributed by atoms with Crippen molar-refractivity contribution in [1.29, 1.82) is 0 Å². The van der Waals surface area contributed by atoms with E-state index in [0.717, 1.165) is 30.6 Å². The molecule has 1 unspecified atom stereocenters. The van der Waals surface area contributed by atoms with Crippen LogP contribution in [-0.4, -0.2) is 55.2 Å². The van der Waals surface area contributed by atoms with Crippen LogP contribution in [0.2, 0.25) is 0 Å². The smallest absolute Gasteiger partial charge is 0.350 e. The number of benzene rings is 2. The molecule has 12 heteroatoms. The molecule has 0 saturated heterocycles. The molecule has 0 radical (unpaired) electrons. The van der Waals surface area contributed by atoms with Crippen molar-refractivity contribution in [2.75, 3.05) is 32.3 Å². The lowest BCUT2D eigenvalue weighted by Crippen LogP contribution is -2.31. The second kappa shape index (κ2) is 13.9. The number of aryl methyl sites for hydroxylation is 1. The molecule has 0 fully saturated rings. The Morgan fingerprint density at radius 1 is 1.11 bits per heavy atom. The molecular formula is C34H34N2O9S. The van der Waals surface area contributed by atoms with E-state index in [1.807, 2.05) is 0 Å². The van der Waals surface area contributed by atoms with Crippen molar-refractivity contribution in [3.05, 3.63) is 88.3 Å². The molecule has 5 rings (SSSR count). The van der Waals surface area contributed by atoms with Crippen LogP contribution in [0.4, 0.5) is 5.13 Å². The average molecular weight is 647 g/mol. The number of aromatic nitrogens is 1. The zero-order chi connectivity index (χ0) is 33.0. The van der Waals surface area contributed by atoms with Gasteiger partial charge >= 0.3 is 5.97 Å². The molecule has 3 heterocycles. The molecule has 4 aromatic rings. The predicted octanol–water partition coefficient (Wildman–Crippen LogP) is 6.91. The number of nitrogens with zero attached hydrogens (tertiary/aromatic N) is 2. The molecule has 1 atom stereocenters. The van der Waals surface area contributed by atoms with Gasteiger partial charge in [-0.3, -0.25) is 14.5 Å². The average Bonchev–Trinajstić information content (AvgIpc) is 3.75. The topological polar surface area (TPSA) is 138 Å². The van der Waals surface area contributed by atoms with Crippen molar-refractivity contribution in [2.24, 2.45) is 0 Å². The highest BCUT2D eigenvalue weighted by molar-refractivity contribution is 7.17. The van der Waals surface area contributed by atoms with Crippen LogP contribution < -0.4 is 19.1 Å². The number of anilines is 1. The van der Waals surface area contributed by atoms with Gasteiger partial charge in [-0.25, -0.2) is 9.78 Å². The summed E-state index contributed by atoms with van der Waals surface area (Å²) in [7, 11) is 2.97. The van der Waals surface area contributed by atoms with Gasteiger partial charge in [-0.05, 0) is 43.2 Å². The number of furan rings is 1. The third kappa shape index (κ3) is 6.08. The highest BCUT2D eigenvalue weighted by Gasteiger charge is 2.47. The monoisotopic (exact) mass is 646 g/mol. The second-order valence-corrected chi connectivity index (χ2v) is 11.4. The molecule has 1 aliphatic heterocycles. The van der Waals surface area contributed by atoms with Gasteiger partial charge in [-0.1, -0.05) is 62.0 Å². The van der Waals surface area contributed by atoms with Crippen LogP contribution in [0.1, 0.15) is 63.7 Å². The molecule has 46 heavy (non-hydrogen) atoms. The molecule has 1 aliphatic rings. The number of rotatable bonds is 14. The molecule has 240 valence electrons. The number of carbonyl (C=O) groups excluding carboxylic acids is 3. The first kappa shape index (κ1) is 32.3. The second-order valence-electron chi connectivity index (χ2n) is 10.4. The number of methoxy groups -OCH3 is 2. The third-order valence-corrected chi connectivity index (χ3v) is 8.56. The summed E-state index contributed by atoms with van der Waals surface area (Å²) in [4.78, 5) is 46.5. The third-order valence-electron chi connectivity index (χ3n) is 7.42. The summed E-state index contributed by atoms with van der Waals surface area (Å²) in [6, 6.07) is 10.6. The molecule has 0 saturated carbocycles. The van der Waals surface area contributed by atoms with Crippen LogP contribution in [0.25, 0.3) is 11.0 Å². The summed E-state index contributed by atoms with van der Waals surface area (Å²) in [6.45, 7) is 7.74. The molecule has 11 nitrogen and oxygen atoms in total. The number of fused-ring (bicyclic) bond motifs is 1. The Morgan fingerprint density at radius 3 is 2.61 bits per heavy atom. The summed E-state index contributed by atoms with van der Waals surface area (Å²) >= 11 is 0.907. The minimum Gasteiger partial charge on any atom is -0.503 e. The number of thiazole rings is 1.